The molecule has 0 radical (unpaired) electrons. The topological polar surface area (TPSA) is 58.3 Å². The molecule has 0 amide bonds. The first kappa shape index (κ1) is 3.13. The van der Waals surface area contributed by atoms with Gasteiger partial charge in [-0.2, -0.15) is 0 Å². The highest BCUT2D eigenvalue weighted by Crippen LogP contribution is 1.37. The van der Waals surface area contributed by atoms with E-state index in [1.165, 1.54) is 0 Å². The van der Waals surface area contributed by atoms with Crippen LogP contribution in [0.15, 0.2) is 0 Å². The molecule has 0 aliphatic rings. The summed E-state index contributed by atoms with van der Waals surface area (Å²) < 4.78 is 11.3. The van der Waals surface area contributed by atoms with E-state index in [2.05, 4.69) is 15.6 Å². The Kier molecular flexibility index (Phi) is 0.501. The molecule has 0 aliphatic carbocycles. The first-order valence-corrected chi connectivity index (χ1v) is 1.22. The van der Waals surface area contributed by atoms with E-state index >= 15 is 0 Å². The van der Waals surface area contributed by atoms with Gasteiger partial charge < -0.3 is 0 Å². The third kappa shape index (κ3) is 0.310. The number of halogens is 1. The van der Waals surface area contributed by atoms with Gasteiger partial charge in [-0.15, -0.1) is 0 Å². The number of aromatic nitrogens is 5. The molecule has 1 heterocycles. The van der Waals surface area contributed by atoms with Gasteiger partial charge in [-0.3, -0.25) is 0 Å². The Labute approximate surface area is 31.7 Å². The minimum atomic E-state index is -0.0972. The molecule has 0 bridgehead atoms. The molecule has 0 saturated heterocycles. The largest absolute Gasteiger partial charge is 0.234 e. The molecule has 1 aromatic rings. The molecule has 6 heavy (non-hydrogen) atoms. The summed E-state index contributed by atoms with van der Waals surface area (Å²) in [6.45, 7) is 0. The van der Waals surface area contributed by atoms with Gasteiger partial charge >= 0.3 is 0 Å². The van der Waals surface area contributed by atoms with Crippen molar-refractivity contribution >= 4 is 0 Å². The van der Waals surface area contributed by atoms with Gasteiger partial charge in [-0.05, 0) is 5.21 Å². The number of rotatable bonds is 0. The van der Waals surface area contributed by atoms with Crippen LogP contribution in [0.3, 0.4) is 0 Å². The van der Waals surface area contributed by atoms with Gasteiger partial charge in [0, 0.05) is 4.48 Å². The van der Waals surface area contributed by atoms with Crippen molar-refractivity contribution in [2.45, 2.75) is 0 Å². The van der Waals surface area contributed by atoms with Crippen molar-refractivity contribution in [3.63, 3.8) is 0 Å². The molecule has 0 aliphatic heterocycles. The normalized spacial score (nSPS) is 8.83. The fourth-order valence-electron chi connectivity index (χ4n) is 0.132. The molecule has 1 aromatic heterocycles. The lowest BCUT2D eigenvalue weighted by molar-refractivity contribution is -0.937. The third-order valence-electron chi connectivity index (χ3n) is 0.290. The highest BCUT2D eigenvalue weighted by Gasteiger charge is 1.91. The molecule has 32 valence electrons. The minimum Gasteiger partial charge on any atom is -0.0171 e. The van der Waals surface area contributed by atoms with E-state index in [1.807, 2.05) is 0 Å². The highest BCUT2D eigenvalue weighted by molar-refractivity contribution is 3.66. The third-order valence-corrected chi connectivity index (χ3v) is 0.290. The maximum absolute atomic E-state index is 11.3. The number of hydrogen-bond donors (Lipinski definition) is 1. The van der Waals surface area contributed by atoms with Crippen LogP contribution < -0.4 is 5.02 Å². The van der Waals surface area contributed by atoms with E-state index in [-0.39, 0.29) is 5.02 Å². The van der Waals surface area contributed by atoms with Gasteiger partial charge in [0.15, 0.2) is 5.21 Å². The highest BCUT2D eigenvalue weighted by atomic mass is 19.2. The molecule has 0 unspecified atom stereocenters. The lowest BCUT2D eigenvalue weighted by Crippen LogP contribution is -2.27. The predicted octanol–water partition coefficient (Wildman–Crippen LogP) is -1.78. The molecule has 0 atom stereocenters. The van der Waals surface area contributed by atoms with Gasteiger partial charge in [0.2, 0.25) is 10.4 Å². The summed E-state index contributed by atoms with van der Waals surface area (Å²) in [7, 11) is 0. The van der Waals surface area contributed by atoms with Gasteiger partial charge in [0.25, 0.3) is 0 Å². The average molecular weight is 90.0 g/mol. The van der Waals surface area contributed by atoms with Gasteiger partial charge in [0.05, 0.1) is 0 Å². The second-order valence-electron chi connectivity index (χ2n) is 0.639. The molecular weight excluding hydrogens is 89.0 g/mol. The first-order valence-electron chi connectivity index (χ1n) is 1.22. The Morgan fingerprint density at radius 1 is 1.67 bits per heavy atom. The Hall–Kier alpha value is -1.07. The Morgan fingerprint density at radius 3 is 2.67 bits per heavy atom. The van der Waals surface area contributed by atoms with Gasteiger partial charge in [0.1, 0.15) is 5.02 Å². The molecule has 0 saturated carbocycles. The summed E-state index contributed by atoms with van der Waals surface area (Å²) in [5.74, 6) is 0. The first-order chi connectivity index (χ1) is 2.89. The molecule has 0 aromatic carbocycles. The molecule has 0 fully saturated rings. The van der Waals surface area contributed by atoms with Crippen molar-refractivity contribution in [1.29, 1.82) is 0 Å². The fourth-order valence-corrected chi connectivity index (χ4v) is 0.132. The minimum absolute atomic E-state index is 0.0972. The van der Waals surface area contributed by atoms with E-state index in [9.17, 15) is 4.48 Å². The zero-order chi connectivity index (χ0) is 4.41. The lowest BCUT2D eigenvalue weighted by atomic mass is 12.6. The number of nitrogens with zero attached hydrogens (tertiary/aromatic N) is 4. The average Bonchev–Trinajstić information content (AvgIpc) is 1.86. The van der Waals surface area contributed by atoms with E-state index in [4.69, 9.17) is 0 Å². The number of H-pyrrole nitrogens is 1. The fraction of sp³-hybridized carbons (Fsp3) is 0. The maximum Gasteiger partial charge on any atom is 0.234 e. The van der Waals surface area contributed by atoms with Crippen molar-refractivity contribution < 1.29 is 9.50 Å². The van der Waals surface area contributed by atoms with Crippen molar-refractivity contribution in [2.75, 3.05) is 0 Å². The van der Waals surface area contributed by atoms with E-state index in [0.717, 1.165) is 0 Å². The van der Waals surface area contributed by atoms with E-state index in [0.29, 0.717) is 0 Å². The van der Waals surface area contributed by atoms with Crippen LogP contribution in [-0.4, -0.2) is 20.9 Å². The Bertz CT molecular complexity index is 107. The Morgan fingerprint density at radius 2 is 2.50 bits per heavy atom. The van der Waals surface area contributed by atoms with Gasteiger partial charge in [-0.1, -0.05) is 0 Å². The summed E-state index contributed by atoms with van der Waals surface area (Å²) in [6, 6.07) is 0. The smallest absolute Gasteiger partial charge is 0.0171 e. The maximum atomic E-state index is 11.3. The van der Waals surface area contributed by atoms with Crippen LogP contribution in [0.5, 0.6) is 0 Å². The van der Waals surface area contributed by atoms with Crippen molar-refractivity contribution in [3.8, 4) is 0 Å². The zero-order valence-electron chi connectivity index (χ0n) is 2.67. The van der Waals surface area contributed by atoms with Crippen molar-refractivity contribution in [1.82, 2.24) is 20.9 Å². The standard InChI is InChI=1S/FN5/c1-6-4-2-3-5-6/p+1. The van der Waals surface area contributed by atoms with Crippen molar-refractivity contribution in [3.05, 3.63) is 0 Å². The van der Waals surface area contributed by atoms with Crippen LogP contribution >= 0.6 is 0 Å². The molecule has 1 N–H and O–H groups in total. The molecule has 6 heteroatoms. The number of hydrogen-bond acceptors (Lipinski definition) is 3. The predicted molar refractivity (Wildman–Crippen MR) is 10.9 cm³/mol. The summed E-state index contributed by atoms with van der Waals surface area (Å²) >= 11 is 0. The van der Waals surface area contributed by atoms with Crippen LogP contribution in [0.25, 0.3) is 0 Å². The second-order valence-corrected chi connectivity index (χ2v) is 0.639. The molecule has 0 spiro atoms. The monoisotopic (exact) mass is 90.0 g/mol. The Balaban J connectivity index is 3.05. The number of aromatic amines is 1. The van der Waals surface area contributed by atoms with Crippen LogP contribution in [0.2, 0.25) is 0 Å². The van der Waals surface area contributed by atoms with Crippen LogP contribution in [-0.2, 0) is 0 Å². The summed E-state index contributed by atoms with van der Waals surface area (Å²) in [5, 5.41) is 10.2. The quantitative estimate of drug-likeness (QED) is 0.409. The summed E-state index contributed by atoms with van der Waals surface area (Å²) in [4.78, 5) is 0. The summed E-state index contributed by atoms with van der Waals surface area (Å²) in [6.07, 6.45) is 0. The van der Waals surface area contributed by atoms with E-state index in [1.54, 1.807) is 5.21 Å². The molecular formula is HFN5+. The molecule has 1 rings (SSSR count). The van der Waals surface area contributed by atoms with Crippen LogP contribution in [0.1, 0.15) is 0 Å². The number of nitrogens with one attached hydrogen (secondary N) is 1. The molecule has 5 nitrogen and oxygen atoms in total. The zero-order valence-corrected chi connectivity index (χ0v) is 2.67. The van der Waals surface area contributed by atoms with Crippen LogP contribution in [0, 0.1) is 0 Å². The van der Waals surface area contributed by atoms with Crippen LogP contribution in [0.4, 0.5) is 4.48 Å². The van der Waals surface area contributed by atoms with E-state index < -0.39 is 0 Å². The lowest BCUT2D eigenvalue weighted by Gasteiger charge is -1.52. The SMILES string of the molecule is F[n+]1nnn[nH]1. The second kappa shape index (κ2) is 0.959. The summed E-state index contributed by atoms with van der Waals surface area (Å²) in [5.41, 5.74) is 0. The van der Waals surface area contributed by atoms with Gasteiger partial charge in [-0.25, -0.2) is 0 Å². The van der Waals surface area contributed by atoms with Crippen molar-refractivity contribution in [2.24, 2.45) is 0 Å².